The van der Waals surface area contributed by atoms with E-state index < -0.39 is 0 Å². The lowest BCUT2D eigenvalue weighted by atomic mass is 9.98. The number of hydrogen-bond donors (Lipinski definition) is 0. The van der Waals surface area contributed by atoms with Gasteiger partial charge in [-0.25, -0.2) is 0 Å². The number of alkyl halides is 1. The highest BCUT2D eigenvalue weighted by atomic mass is 79.9. The zero-order chi connectivity index (χ0) is 13.1. The van der Waals surface area contributed by atoms with Crippen molar-refractivity contribution in [3.05, 3.63) is 33.3 Å². The molecule has 18 heavy (non-hydrogen) atoms. The van der Waals surface area contributed by atoms with Crippen molar-refractivity contribution in [1.29, 1.82) is 0 Å². The van der Waals surface area contributed by atoms with Crippen molar-refractivity contribution in [2.75, 3.05) is 18.4 Å². The third-order valence-corrected chi connectivity index (χ3v) is 5.09. The molecule has 1 aromatic carbocycles. The van der Waals surface area contributed by atoms with Gasteiger partial charge in [0.05, 0.1) is 5.56 Å². The third-order valence-electron chi connectivity index (χ3n) is 3.28. The SMILES string of the molecule is O=C(c1ccc(Cl)cc1Br)N1CCC(CBr)CC1. The van der Waals surface area contributed by atoms with Crippen molar-refractivity contribution in [3.63, 3.8) is 0 Å². The van der Waals surface area contributed by atoms with Gasteiger partial charge in [0.15, 0.2) is 0 Å². The first kappa shape index (κ1) is 14.4. The quantitative estimate of drug-likeness (QED) is 0.682. The standard InChI is InChI=1S/C13H14Br2ClNO/c14-8-9-3-5-17(6-4-9)13(18)11-2-1-10(16)7-12(11)15/h1-2,7,9H,3-6,8H2. The molecule has 0 spiro atoms. The summed E-state index contributed by atoms with van der Waals surface area (Å²) >= 11 is 12.8. The van der Waals surface area contributed by atoms with Crippen LogP contribution >= 0.6 is 43.5 Å². The minimum absolute atomic E-state index is 0.0894. The molecule has 0 unspecified atom stereocenters. The highest BCUT2D eigenvalue weighted by Gasteiger charge is 2.24. The molecule has 0 N–H and O–H groups in total. The van der Waals surface area contributed by atoms with Crippen LogP contribution < -0.4 is 0 Å². The molecule has 1 amide bonds. The summed E-state index contributed by atoms with van der Waals surface area (Å²) in [6, 6.07) is 5.30. The van der Waals surface area contributed by atoms with E-state index in [1.54, 1.807) is 18.2 Å². The van der Waals surface area contributed by atoms with Gasteiger partial charge in [-0.3, -0.25) is 4.79 Å². The first-order valence-corrected chi connectivity index (χ1v) is 8.21. The maximum absolute atomic E-state index is 12.4. The minimum Gasteiger partial charge on any atom is -0.339 e. The Morgan fingerprint density at radius 3 is 2.61 bits per heavy atom. The number of likely N-dealkylation sites (tertiary alicyclic amines) is 1. The lowest BCUT2D eigenvalue weighted by molar-refractivity contribution is 0.0698. The second kappa shape index (κ2) is 6.40. The Labute approximate surface area is 129 Å². The molecule has 0 saturated carbocycles. The lowest BCUT2D eigenvalue weighted by Gasteiger charge is -2.31. The van der Waals surface area contributed by atoms with Gasteiger partial charge in [0.25, 0.3) is 5.91 Å². The zero-order valence-electron chi connectivity index (χ0n) is 9.83. The van der Waals surface area contributed by atoms with E-state index in [4.69, 9.17) is 11.6 Å². The third kappa shape index (κ3) is 3.28. The molecule has 0 aromatic heterocycles. The molecule has 1 aliphatic rings. The van der Waals surface area contributed by atoms with Crippen molar-refractivity contribution in [1.82, 2.24) is 4.90 Å². The van der Waals surface area contributed by atoms with E-state index in [-0.39, 0.29) is 5.91 Å². The van der Waals surface area contributed by atoms with Crippen molar-refractivity contribution in [2.45, 2.75) is 12.8 Å². The number of rotatable bonds is 2. The average molecular weight is 396 g/mol. The Kier molecular flexibility index (Phi) is 5.10. The number of halogens is 3. The largest absolute Gasteiger partial charge is 0.339 e. The predicted molar refractivity (Wildman–Crippen MR) is 81.6 cm³/mol. The second-order valence-electron chi connectivity index (χ2n) is 4.51. The summed E-state index contributed by atoms with van der Waals surface area (Å²) in [5, 5.41) is 1.66. The summed E-state index contributed by atoms with van der Waals surface area (Å²) < 4.78 is 0.766. The summed E-state index contributed by atoms with van der Waals surface area (Å²) in [5.74, 6) is 0.786. The van der Waals surface area contributed by atoms with E-state index in [2.05, 4.69) is 31.9 Å². The Morgan fingerprint density at radius 2 is 2.06 bits per heavy atom. The smallest absolute Gasteiger partial charge is 0.254 e. The highest BCUT2D eigenvalue weighted by molar-refractivity contribution is 9.10. The van der Waals surface area contributed by atoms with Gasteiger partial charge >= 0.3 is 0 Å². The monoisotopic (exact) mass is 393 g/mol. The van der Waals surface area contributed by atoms with Gasteiger partial charge in [0.1, 0.15) is 0 Å². The Hall–Kier alpha value is -0.0600. The van der Waals surface area contributed by atoms with Gasteiger partial charge in [0, 0.05) is 27.9 Å². The second-order valence-corrected chi connectivity index (χ2v) is 6.45. The number of amides is 1. The van der Waals surface area contributed by atoms with Crippen LogP contribution in [0.15, 0.2) is 22.7 Å². The van der Waals surface area contributed by atoms with Gasteiger partial charge in [-0.05, 0) is 52.9 Å². The maximum atomic E-state index is 12.4. The van der Waals surface area contributed by atoms with E-state index >= 15 is 0 Å². The Balaban J connectivity index is 2.08. The van der Waals surface area contributed by atoms with Crippen LogP contribution in [0.1, 0.15) is 23.2 Å². The van der Waals surface area contributed by atoms with Gasteiger partial charge in [-0.2, -0.15) is 0 Å². The fraction of sp³-hybridized carbons (Fsp3) is 0.462. The molecule has 98 valence electrons. The van der Waals surface area contributed by atoms with Gasteiger partial charge in [-0.1, -0.05) is 27.5 Å². The molecule has 0 bridgehead atoms. The minimum atomic E-state index is 0.0894. The number of piperidine rings is 1. The van der Waals surface area contributed by atoms with Crippen molar-refractivity contribution >= 4 is 49.4 Å². The first-order chi connectivity index (χ1) is 8.61. The van der Waals surface area contributed by atoms with Crippen LogP contribution in [0, 0.1) is 5.92 Å². The molecule has 1 saturated heterocycles. The van der Waals surface area contributed by atoms with Crippen molar-refractivity contribution in [3.8, 4) is 0 Å². The van der Waals surface area contributed by atoms with E-state index in [9.17, 15) is 4.79 Å². The number of nitrogens with zero attached hydrogens (tertiary/aromatic N) is 1. The Bertz CT molecular complexity index is 445. The molecule has 5 heteroatoms. The van der Waals surface area contributed by atoms with Crippen LogP contribution in [-0.4, -0.2) is 29.2 Å². The van der Waals surface area contributed by atoms with E-state index in [1.807, 2.05) is 4.90 Å². The number of carbonyl (C=O) groups is 1. The van der Waals surface area contributed by atoms with E-state index in [1.165, 1.54) is 0 Å². The first-order valence-electron chi connectivity index (χ1n) is 5.92. The van der Waals surface area contributed by atoms with Crippen molar-refractivity contribution in [2.24, 2.45) is 5.92 Å². The predicted octanol–water partition coefficient (Wildman–Crippen LogP) is 4.35. The summed E-state index contributed by atoms with van der Waals surface area (Å²) in [4.78, 5) is 14.3. The number of carbonyl (C=O) groups excluding carboxylic acids is 1. The molecule has 2 nitrogen and oxygen atoms in total. The average Bonchev–Trinajstić information content (AvgIpc) is 2.38. The summed E-state index contributed by atoms with van der Waals surface area (Å²) in [7, 11) is 0. The van der Waals surface area contributed by atoms with Gasteiger partial charge in [-0.15, -0.1) is 0 Å². The molecule has 0 aliphatic carbocycles. The van der Waals surface area contributed by atoms with E-state index in [0.29, 0.717) is 16.5 Å². The fourth-order valence-corrected chi connectivity index (χ4v) is 3.62. The topological polar surface area (TPSA) is 20.3 Å². The van der Waals surface area contributed by atoms with Gasteiger partial charge in [0.2, 0.25) is 0 Å². The molecule has 0 radical (unpaired) electrons. The lowest BCUT2D eigenvalue weighted by Crippen LogP contribution is -2.38. The molecular weight excluding hydrogens is 381 g/mol. The zero-order valence-corrected chi connectivity index (χ0v) is 13.8. The summed E-state index contributed by atoms with van der Waals surface area (Å²) in [5.41, 5.74) is 0.691. The fourth-order valence-electron chi connectivity index (χ4n) is 2.12. The van der Waals surface area contributed by atoms with Crippen LogP contribution in [0.5, 0.6) is 0 Å². The molecular formula is C13H14Br2ClNO. The van der Waals surface area contributed by atoms with Crippen molar-refractivity contribution < 1.29 is 4.79 Å². The van der Waals surface area contributed by atoms with Crippen LogP contribution in [0.4, 0.5) is 0 Å². The number of hydrogen-bond acceptors (Lipinski definition) is 1. The molecule has 1 fully saturated rings. The van der Waals surface area contributed by atoms with Gasteiger partial charge < -0.3 is 4.90 Å². The molecule has 0 atom stereocenters. The van der Waals surface area contributed by atoms with Crippen LogP contribution in [0.2, 0.25) is 5.02 Å². The summed E-state index contributed by atoms with van der Waals surface area (Å²) in [6.45, 7) is 1.67. The maximum Gasteiger partial charge on any atom is 0.254 e. The van der Waals surface area contributed by atoms with Crippen LogP contribution in [-0.2, 0) is 0 Å². The molecule has 1 heterocycles. The Morgan fingerprint density at radius 1 is 1.39 bits per heavy atom. The molecule has 1 aliphatic heterocycles. The molecule has 2 rings (SSSR count). The summed E-state index contributed by atoms with van der Waals surface area (Å²) in [6.07, 6.45) is 2.14. The highest BCUT2D eigenvalue weighted by Crippen LogP contribution is 2.25. The van der Waals surface area contributed by atoms with E-state index in [0.717, 1.165) is 35.7 Å². The van der Waals surface area contributed by atoms with Crippen LogP contribution in [0.25, 0.3) is 0 Å². The number of benzene rings is 1. The van der Waals surface area contributed by atoms with Crippen LogP contribution in [0.3, 0.4) is 0 Å². The normalized spacial score (nSPS) is 16.9. The molecule has 1 aromatic rings.